The van der Waals surface area contributed by atoms with Crippen LogP contribution >= 0.6 is 0 Å². The molecule has 0 saturated carbocycles. The van der Waals surface area contributed by atoms with Crippen molar-refractivity contribution in [1.82, 2.24) is 20.0 Å². The third-order valence-corrected chi connectivity index (χ3v) is 2.04. The fourth-order valence-electron chi connectivity index (χ4n) is 1.24. The smallest absolute Gasteiger partial charge is 0.138 e. The van der Waals surface area contributed by atoms with Crippen molar-refractivity contribution in [3.05, 3.63) is 35.9 Å². The number of pyridine rings is 1. The first kappa shape index (κ1) is 10.6. The van der Waals surface area contributed by atoms with E-state index < -0.39 is 0 Å². The van der Waals surface area contributed by atoms with Crippen LogP contribution in [-0.2, 0) is 20.2 Å². The molecule has 2 rings (SSSR count). The van der Waals surface area contributed by atoms with Crippen molar-refractivity contribution in [2.45, 2.75) is 13.2 Å². The quantitative estimate of drug-likeness (QED) is 0.797. The molecule has 0 atom stereocenters. The maximum absolute atomic E-state index is 5.49. The molecule has 2 N–H and O–H groups in total. The molecule has 6 heteroatoms. The molecular formula is C10H13N5O. The number of hydrogen-bond acceptors (Lipinski definition) is 5. The van der Waals surface area contributed by atoms with Gasteiger partial charge in [0.15, 0.2) is 0 Å². The Labute approximate surface area is 93.1 Å². The highest BCUT2D eigenvalue weighted by Crippen LogP contribution is 2.10. The van der Waals surface area contributed by atoms with Gasteiger partial charge in [-0.2, -0.15) is 0 Å². The van der Waals surface area contributed by atoms with Crippen molar-refractivity contribution in [3.8, 4) is 5.75 Å². The maximum atomic E-state index is 5.49. The summed E-state index contributed by atoms with van der Waals surface area (Å²) in [5.41, 5.74) is 7.07. The van der Waals surface area contributed by atoms with Crippen LogP contribution in [0, 0.1) is 0 Å². The lowest BCUT2D eigenvalue weighted by atomic mass is 10.3. The molecular weight excluding hydrogens is 206 g/mol. The van der Waals surface area contributed by atoms with Gasteiger partial charge < -0.3 is 10.5 Å². The largest absolute Gasteiger partial charge is 0.486 e. The van der Waals surface area contributed by atoms with E-state index in [1.54, 1.807) is 10.9 Å². The van der Waals surface area contributed by atoms with E-state index in [1.165, 1.54) is 0 Å². The topological polar surface area (TPSA) is 78.9 Å². The van der Waals surface area contributed by atoms with Crippen LogP contribution in [0.15, 0.2) is 24.5 Å². The molecule has 0 aliphatic carbocycles. The molecule has 2 aromatic rings. The van der Waals surface area contributed by atoms with Crippen LogP contribution in [0.5, 0.6) is 5.75 Å². The van der Waals surface area contributed by atoms with Crippen LogP contribution in [0.3, 0.4) is 0 Å². The second-order valence-electron chi connectivity index (χ2n) is 3.36. The second kappa shape index (κ2) is 4.71. The van der Waals surface area contributed by atoms with Gasteiger partial charge in [0, 0.05) is 13.6 Å². The molecule has 84 valence electrons. The molecule has 0 radical (unpaired) electrons. The van der Waals surface area contributed by atoms with E-state index in [2.05, 4.69) is 15.3 Å². The molecule has 16 heavy (non-hydrogen) atoms. The Hall–Kier alpha value is -1.95. The minimum absolute atomic E-state index is 0.386. The standard InChI is InChI=1S/C10H13N5O/c1-15-6-9(13-14-15)7-16-10-3-2-8(4-11)12-5-10/h2-3,5-6H,4,7,11H2,1H3. The van der Waals surface area contributed by atoms with Gasteiger partial charge in [0.25, 0.3) is 0 Å². The number of nitrogens with two attached hydrogens (primary N) is 1. The lowest BCUT2D eigenvalue weighted by Gasteiger charge is -2.03. The summed E-state index contributed by atoms with van der Waals surface area (Å²) in [7, 11) is 1.81. The van der Waals surface area contributed by atoms with Gasteiger partial charge >= 0.3 is 0 Å². The van der Waals surface area contributed by atoms with Crippen molar-refractivity contribution in [3.63, 3.8) is 0 Å². The zero-order valence-corrected chi connectivity index (χ0v) is 9.00. The summed E-state index contributed by atoms with van der Waals surface area (Å²) >= 11 is 0. The minimum atomic E-state index is 0.386. The third-order valence-electron chi connectivity index (χ3n) is 2.04. The molecule has 2 heterocycles. The Morgan fingerprint density at radius 3 is 2.81 bits per heavy atom. The van der Waals surface area contributed by atoms with Gasteiger partial charge in [0.05, 0.1) is 18.1 Å². The summed E-state index contributed by atoms with van der Waals surface area (Å²) in [5, 5.41) is 7.72. The van der Waals surface area contributed by atoms with Crippen molar-refractivity contribution < 1.29 is 4.74 Å². The van der Waals surface area contributed by atoms with Gasteiger partial charge in [-0.25, -0.2) is 0 Å². The van der Waals surface area contributed by atoms with Crippen molar-refractivity contribution >= 4 is 0 Å². The SMILES string of the molecule is Cn1cc(COc2ccc(CN)nc2)nn1. The average molecular weight is 219 g/mol. The molecule has 2 aromatic heterocycles. The Balaban J connectivity index is 1.94. The fraction of sp³-hybridized carbons (Fsp3) is 0.300. The Morgan fingerprint density at radius 1 is 1.38 bits per heavy atom. The Kier molecular flexibility index (Phi) is 3.11. The third kappa shape index (κ3) is 2.54. The predicted octanol–water partition coefficient (Wildman–Crippen LogP) is 0.248. The summed E-state index contributed by atoms with van der Waals surface area (Å²) < 4.78 is 7.12. The molecule has 6 nitrogen and oxygen atoms in total. The first-order chi connectivity index (χ1) is 7.78. The van der Waals surface area contributed by atoms with Crippen LogP contribution in [0.1, 0.15) is 11.4 Å². The zero-order chi connectivity index (χ0) is 11.4. The molecule has 0 saturated heterocycles. The van der Waals surface area contributed by atoms with Crippen LogP contribution in [0.2, 0.25) is 0 Å². The number of rotatable bonds is 4. The molecule has 0 fully saturated rings. The van der Waals surface area contributed by atoms with Gasteiger partial charge in [-0.15, -0.1) is 5.10 Å². The van der Waals surface area contributed by atoms with Gasteiger partial charge in [-0.3, -0.25) is 9.67 Å². The van der Waals surface area contributed by atoms with E-state index >= 15 is 0 Å². The molecule has 0 aromatic carbocycles. The van der Waals surface area contributed by atoms with Gasteiger partial charge in [-0.05, 0) is 12.1 Å². The summed E-state index contributed by atoms with van der Waals surface area (Å²) in [4.78, 5) is 4.12. The van der Waals surface area contributed by atoms with Crippen LogP contribution in [-0.4, -0.2) is 20.0 Å². The monoisotopic (exact) mass is 219 g/mol. The predicted molar refractivity (Wildman–Crippen MR) is 57.5 cm³/mol. The summed E-state index contributed by atoms with van der Waals surface area (Å²) in [6, 6.07) is 3.68. The molecule has 0 unspecified atom stereocenters. The van der Waals surface area contributed by atoms with E-state index in [4.69, 9.17) is 10.5 Å². The van der Waals surface area contributed by atoms with E-state index in [-0.39, 0.29) is 0 Å². The normalized spacial score (nSPS) is 10.4. The number of aromatic nitrogens is 4. The van der Waals surface area contributed by atoms with Crippen LogP contribution < -0.4 is 10.5 Å². The molecule has 0 amide bonds. The van der Waals surface area contributed by atoms with Crippen molar-refractivity contribution in [2.75, 3.05) is 0 Å². The highest BCUT2D eigenvalue weighted by Gasteiger charge is 2.00. The van der Waals surface area contributed by atoms with E-state index in [0.29, 0.717) is 18.9 Å². The van der Waals surface area contributed by atoms with Crippen molar-refractivity contribution in [2.24, 2.45) is 12.8 Å². The lowest BCUT2D eigenvalue weighted by Crippen LogP contribution is -2.00. The van der Waals surface area contributed by atoms with E-state index in [0.717, 1.165) is 11.4 Å². The van der Waals surface area contributed by atoms with Crippen molar-refractivity contribution in [1.29, 1.82) is 0 Å². The zero-order valence-electron chi connectivity index (χ0n) is 9.00. The molecule has 0 aliphatic rings. The fourth-order valence-corrected chi connectivity index (χ4v) is 1.24. The average Bonchev–Trinajstić information content (AvgIpc) is 2.73. The number of aryl methyl sites for hydroxylation is 1. The first-order valence-corrected chi connectivity index (χ1v) is 4.91. The Morgan fingerprint density at radius 2 is 2.25 bits per heavy atom. The highest BCUT2D eigenvalue weighted by atomic mass is 16.5. The van der Waals surface area contributed by atoms with Crippen LogP contribution in [0.25, 0.3) is 0 Å². The molecule has 0 aliphatic heterocycles. The van der Waals surface area contributed by atoms with Gasteiger partial charge in [-0.1, -0.05) is 5.21 Å². The summed E-state index contributed by atoms with van der Waals surface area (Å²) in [6.45, 7) is 0.821. The lowest BCUT2D eigenvalue weighted by molar-refractivity contribution is 0.299. The van der Waals surface area contributed by atoms with Gasteiger partial charge in [0.1, 0.15) is 18.1 Å². The Bertz CT molecular complexity index is 450. The van der Waals surface area contributed by atoms with Gasteiger partial charge in [0.2, 0.25) is 0 Å². The molecule has 0 bridgehead atoms. The molecule has 0 spiro atoms. The van der Waals surface area contributed by atoms with Crippen LogP contribution in [0.4, 0.5) is 0 Å². The second-order valence-corrected chi connectivity index (χ2v) is 3.36. The summed E-state index contributed by atoms with van der Waals surface area (Å²) in [6.07, 6.45) is 3.46. The van der Waals surface area contributed by atoms with E-state index in [9.17, 15) is 0 Å². The first-order valence-electron chi connectivity index (χ1n) is 4.91. The number of nitrogens with zero attached hydrogens (tertiary/aromatic N) is 4. The maximum Gasteiger partial charge on any atom is 0.138 e. The highest BCUT2D eigenvalue weighted by molar-refractivity contribution is 5.19. The number of ether oxygens (including phenoxy) is 1. The minimum Gasteiger partial charge on any atom is -0.486 e. The number of hydrogen-bond donors (Lipinski definition) is 1. The van der Waals surface area contributed by atoms with E-state index in [1.807, 2.05) is 25.4 Å². The summed E-state index contributed by atoms with van der Waals surface area (Å²) in [5.74, 6) is 0.697.